The van der Waals surface area contributed by atoms with Gasteiger partial charge in [0.15, 0.2) is 5.79 Å². The van der Waals surface area contributed by atoms with Gasteiger partial charge in [-0.3, -0.25) is 4.79 Å². The quantitative estimate of drug-likeness (QED) is 0.474. The molecule has 184 valence electrons. The minimum atomic E-state index is -1.08. The summed E-state index contributed by atoms with van der Waals surface area (Å²) in [7, 11) is 0. The van der Waals surface area contributed by atoms with Crippen molar-refractivity contribution in [1.29, 1.82) is 0 Å². The molecule has 8 atom stereocenters. The minimum absolute atomic E-state index is 0.203. The number of carbonyl (C=O) groups excluding carboxylic acids is 1. The lowest BCUT2D eigenvalue weighted by Gasteiger charge is -2.63. The Hall–Kier alpha value is -0.930. The first-order valence-corrected chi connectivity index (χ1v) is 13.6. The van der Waals surface area contributed by atoms with Gasteiger partial charge >= 0.3 is 0 Å². The van der Waals surface area contributed by atoms with Gasteiger partial charge < -0.3 is 9.84 Å². The molecule has 0 aromatic heterocycles. The van der Waals surface area contributed by atoms with E-state index >= 15 is 0 Å². The first-order valence-electron chi connectivity index (χ1n) is 13.6. The number of allylic oxidation sites excluding steroid dienone is 2. The Morgan fingerprint density at radius 2 is 1.85 bits per heavy atom. The zero-order chi connectivity index (χ0) is 24.0. The van der Waals surface area contributed by atoms with E-state index in [9.17, 15) is 9.90 Å². The van der Waals surface area contributed by atoms with Crippen molar-refractivity contribution in [3.05, 3.63) is 23.3 Å². The third kappa shape index (κ3) is 3.17. The molecule has 5 aliphatic rings. The van der Waals surface area contributed by atoms with Gasteiger partial charge in [-0.25, -0.2) is 0 Å². The first-order chi connectivity index (χ1) is 15.3. The van der Waals surface area contributed by atoms with E-state index in [1.165, 1.54) is 25.7 Å². The van der Waals surface area contributed by atoms with Crippen LogP contribution in [0, 0.1) is 45.3 Å². The van der Waals surface area contributed by atoms with E-state index in [2.05, 4.69) is 47.6 Å². The second-order valence-electron chi connectivity index (χ2n) is 13.9. The molecule has 0 saturated heterocycles. The van der Waals surface area contributed by atoms with Crippen LogP contribution < -0.4 is 0 Å². The molecule has 1 aliphatic heterocycles. The van der Waals surface area contributed by atoms with Gasteiger partial charge in [0.2, 0.25) is 0 Å². The third-order valence-electron chi connectivity index (χ3n) is 12.0. The fraction of sp³-hybridized carbons (Fsp3) is 0.833. The van der Waals surface area contributed by atoms with Crippen molar-refractivity contribution in [2.45, 2.75) is 106 Å². The zero-order valence-electron chi connectivity index (χ0n) is 22.1. The average molecular weight is 455 g/mol. The van der Waals surface area contributed by atoms with Crippen molar-refractivity contribution in [3.8, 4) is 0 Å². The predicted octanol–water partition coefficient (Wildman–Crippen LogP) is 6.85. The van der Waals surface area contributed by atoms with Crippen LogP contribution in [0.3, 0.4) is 0 Å². The minimum Gasteiger partial charge on any atom is -0.362 e. The lowest BCUT2D eigenvalue weighted by molar-refractivity contribution is -0.165. The number of ether oxygens (including phenoxy) is 1. The molecule has 0 spiro atoms. The summed E-state index contributed by atoms with van der Waals surface area (Å²) in [5.41, 5.74) is 3.37. The summed E-state index contributed by atoms with van der Waals surface area (Å²) >= 11 is 0. The van der Waals surface area contributed by atoms with Crippen LogP contribution in [-0.4, -0.2) is 23.3 Å². The molecule has 0 aromatic rings. The van der Waals surface area contributed by atoms with Gasteiger partial charge in [-0.15, -0.1) is 0 Å². The van der Waals surface area contributed by atoms with Gasteiger partial charge in [0, 0.05) is 18.3 Å². The van der Waals surface area contributed by atoms with E-state index in [1.54, 1.807) is 5.57 Å². The van der Waals surface area contributed by atoms with Crippen LogP contribution in [0.1, 0.15) is 99.8 Å². The summed E-state index contributed by atoms with van der Waals surface area (Å²) in [5.74, 6) is 1.48. The van der Waals surface area contributed by atoms with Crippen molar-refractivity contribution < 1.29 is 14.6 Å². The van der Waals surface area contributed by atoms with E-state index in [4.69, 9.17) is 4.74 Å². The summed E-state index contributed by atoms with van der Waals surface area (Å²) in [4.78, 5) is 12.8. The Morgan fingerprint density at radius 3 is 2.52 bits per heavy atom. The van der Waals surface area contributed by atoms with Crippen LogP contribution in [0.4, 0.5) is 0 Å². The molecular weight excluding hydrogens is 408 g/mol. The molecule has 1 unspecified atom stereocenters. The fourth-order valence-electron chi connectivity index (χ4n) is 9.89. The van der Waals surface area contributed by atoms with Crippen LogP contribution in [0.5, 0.6) is 0 Å². The SMILES string of the molecule is CC1=CC(O)(C[C@@H](C)[C@H]2CC[C@@]3(C)C4=CC[C@H]5C(C)(C)C(=O)CC[C@]5(C)[C@@H]4CC[C@]23C)OC1. The molecule has 3 nitrogen and oxygen atoms in total. The number of rotatable bonds is 3. The largest absolute Gasteiger partial charge is 0.362 e. The number of carbonyl (C=O) groups is 1. The summed E-state index contributed by atoms with van der Waals surface area (Å²) in [6.45, 7) is 17.0. The van der Waals surface area contributed by atoms with Crippen LogP contribution in [0.15, 0.2) is 23.3 Å². The fourth-order valence-corrected chi connectivity index (χ4v) is 9.89. The Balaban J connectivity index is 1.44. The van der Waals surface area contributed by atoms with E-state index < -0.39 is 5.79 Å². The lowest BCUT2D eigenvalue weighted by atomic mass is 9.41. The smallest absolute Gasteiger partial charge is 0.186 e. The first kappa shape index (κ1) is 23.8. The normalized spacial score (nSPS) is 49.6. The van der Waals surface area contributed by atoms with Gasteiger partial charge in [-0.2, -0.15) is 0 Å². The van der Waals surface area contributed by atoms with Crippen LogP contribution in [0.25, 0.3) is 0 Å². The van der Waals surface area contributed by atoms with Gasteiger partial charge in [0.1, 0.15) is 5.78 Å². The third-order valence-corrected chi connectivity index (χ3v) is 12.0. The highest BCUT2D eigenvalue weighted by atomic mass is 16.6. The number of hydrogen-bond donors (Lipinski definition) is 1. The predicted molar refractivity (Wildman–Crippen MR) is 132 cm³/mol. The van der Waals surface area contributed by atoms with Gasteiger partial charge in [-0.1, -0.05) is 53.2 Å². The Kier molecular flexibility index (Phi) is 5.26. The van der Waals surface area contributed by atoms with E-state index in [1.807, 2.05) is 13.0 Å². The molecular formula is C30H46O3. The second kappa shape index (κ2) is 7.29. The van der Waals surface area contributed by atoms with Crippen molar-refractivity contribution in [1.82, 2.24) is 0 Å². The topological polar surface area (TPSA) is 46.5 Å². The van der Waals surface area contributed by atoms with E-state index in [-0.39, 0.29) is 21.7 Å². The summed E-state index contributed by atoms with van der Waals surface area (Å²) in [6, 6.07) is 0. The Bertz CT molecular complexity index is 914. The highest BCUT2D eigenvalue weighted by Gasteiger charge is 2.65. The number of fused-ring (bicyclic) bond motifs is 5. The molecule has 0 bridgehead atoms. The molecule has 4 aliphatic carbocycles. The maximum Gasteiger partial charge on any atom is 0.186 e. The van der Waals surface area contributed by atoms with E-state index in [0.29, 0.717) is 42.5 Å². The summed E-state index contributed by atoms with van der Waals surface area (Å²) in [6.07, 6.45) is 13.1. The summed E-state index contributed by atoms with van der Waals surface area (Å²) in [5, 5.41) is 11.0. The molecule has 3 saturated carbocycles. The van der Waals surface area contributed by atoms with Gasteiger partial charge in [-0.05, 0) is 97.0 Å². The van der Waals surface area contributed by atoms with Crippen LogP contribution >= 0.6 is 0 Å². The number of hydrogen-bond acceptors (Lipinski definition) is 3. The number of aliphatic hydroxyl groups is 1. The standard InChI is InChI=1S/C30H46O3/c1-19-16-30(32,33-18-19)17-20(2)21-10-14-29(7)23-8-9-24-26(3,4)25(31)12-13-27(24,5)22(23)11-15-28(21,29)6/h8,16,20-22,24,32H,9-15,17-18H2,1-7H3/t20-,21-,22-,24+,27-,28-,29+,30?/m1/s1. The second-order valence-corrected chi connectivity index (χ2v) is 13.9. The van der Waals surface area contributed by atoms with Crippen molar-refractivity contribution in [2.24, 2.45) is 45.3 Å². The number of ketones is 1. The maximum absolute atomic E-state index is 12.8. The highest BCUT2D eigenvalue weighted by molar-refractivity contribution is 5.85. The molecule has 3 heteroatoms. The zero-order valence-corrected chi connectivity index (χ0v) is 22.1. The molecule has 3 fully saturated rings. The van der Waals surface area contributed by atoms with Gasteiger partial charge in [0.25, 0.3) is 0 Å². The lowest BCUT2D eigenvalue weighted by Crippen LogP contribution is -2.57. The molecule has 1 heterocycles. The molecule has 5 rings (SSSR count). The molecule has 0 aromatic carbocycles. The summed E-state index contributed by atoms with van der Waals surface area (Å²) < 4.78 is 5.79. The average Bonchev–Trinajstić information content (AvgIpc) is 3.21. The van der Waals surface area contributed by atoms with Crippen LogP contribution in [-0.2, 0) is 9.53 Å². The molecule has 0 amide bonds. The van der Waals surface area contributed by atoms with Crippen LogP contribution in [0.2, 0.25) is 0 Å². The monoisotopic (exact) mass is 454 g/mol. The van der Waals surface area contributed by atoms with E-state index in [0.717, 1.165) is 24.8 Å². The molecule has 0 radical (unpaired) electrons. The van der Waals surface area contributed by atoms with Crippen molar-refractivity contribution in [2.75, 3.05) is 6.61 Å². The number of Topliss-reactive ketones (excluding diaryl/α,β-unsaturated/α-hetero) is 1. The Labute approximate surface area is 201 Å². The highest BCUT2D eigenvalue weighted by Crippen LogP contribution is 2.73. The molecule has 1 N–H and O–H groups in total. The van der Waals surface area contributed by atoms with Crippen molar-refractivity contribution >= 4 is 5.78 Å². The van der Waals surface area contributed by atoms with Crippen molar-refractivity contribution in [3.63, 3.8) is 0 Å². The Morgan fingerprint density at radius 1 is 1.12 bits per heavy atom. The maximum atomic E-state index is 12.8. The molecule has 33 heavy (non-hydrogen) atoms. The van der Waals surface area contributed by atoms with Gasteiger partial charge in [0.05, 0.1) is 6.61 Å².